The molecule has 2 rings (SSSR count). The standard InChI is InChI=1S/C16H21NOS/c1-4-9-13-12-10-7-8-11-14(12)19-15(13)16(18)17(5-2)6-3/h7-8,10-11H,4-6,9H2,1-3H3. The highest BCUT2D eigenvalue weighted by molar-refractivity contribution is 7.21. The number of fused-ring (bicyclic) bond motifs is 1. The number of benzene rings is 1. The van der Waals surface area contributed by atoms with Gasteiger partial charge < -0.3 is 4.90 Å². The van der Waals surface area contributed by atoms with Crippen molar-refractivity contribution in [2.75, 3.05) is 13.1 Å². The normalized spacial score (nSPS) is 10.9. The molecule has 0 aliphatic rings. The van der Waals surface area contributed by atoms with E-state index in [1.54, 1.807) is 11.3 Å². The van der Waals surface area contributed by atoms with Gasteiger partial charge in [0.15, 0.2) is 0 Å². The van der Waals surface area contributed by atoms with Crippen LogP contribution >= 0.6 is 11.3 Å². The van der Waals surface area contributed by atoms with E-state index in [0.717, 1.165) is 30.8 Å². The highest BCUT2D eigenvalue weighted by Crippen LogP contribution is 2.33. The molecule has 2 aromatic rings. The van der Waals surface area contributed by atoms with Crippen LogP contribution in [0.2, 0.25) is 0 Å². The molecule has 0 radical (unpaired) electrons. The molecule has 0 atom stereocenters. The van der Waals surface area contributed by atoms with E-state index in [-0.39, 0.29) is 5.91 Å². The molecule has 1 aromatic heterocycles. The Morgan fingerprint density at radius 3 is 2.47 bits per heavy atom. The second-order valence-electron chi connectivity index (χ2n) is 4.63. The van der Waals surface area contributed by atoms with Gasteiger partial charge in [0, 0.05) is 17.8 Å². The molecule has 0 fully saturated rings. The van der Waals surface area contributed by atoms with Crippen LogP contribution in [0.5, 0.6) is 0 Å². The summed E-state index contributed by atoms with van der Waals surface area (Å²) in [6, 6.07) is 8.34. The van der Waals surface area contributed by atoms with Gasteiger partial charge in [-0.05, 0) is 37.3 Å². The monoisotopic (exact) mass is 275 g/mol. The van der Waals surface area contributed by atoms with Crippen LogP contribution in [0, 0.1) is 0 Å². The second-order valence-corrected chi connectivity index (χ2v) is 5.69. The van der Waals surface area contributed by atoms with Gasteiger partial charge in [-0.25, -0.2) is 0 Å². The lowest BCUT2D eigenvalue weighted by molar-refractivity contribution is 0.0777. The first-order chi connectivity index (χ1) is 9.22. The summed E-state index contributed by atoms with van der Waals surface area (Å²) in [6.45, 7) is 7.78. The van der Waals surface area contributed by atoms with E-state index in [2.05, 4.69) is 25.1 Å². The fraction of sp³-hybridized carbons (Fsp3) is 0.438. The molecule has 0 bridgehead atoms. The van der Waals surface area contributed by atoms with E-state index in [9.17, 15) is 4.79 Å². The number of aryl methyl sites for hydroxylation is 1. The van der Waals surface area contributed by atoms with Crippen LogP contribution in [0.25, 0.3) is 10.1 Å². The van der Waals surface area contributed by atoms with Gasteiger partial charge in [-0.2, -0.15) is 0 Å². The topological polar surface area (TPSA) is 20.3 Å². The minimum Gasteiger partial charge on any atom is -0.338 e. The van der Waals surface area contributed by atoms with E-state index < -0.39 is 0 Å². The van der Waals surface area contributed by atoms with E-state index in [1.165, 1.54) is 15.6 Å². The predicted octanol–water partition coefficient (Wildman–Crippen LogP) is 4.34. The Bertz CT molecular complexity index is 569. The molecule has 2 nitrogen and oxygen atoms in total. The highest BCUT2D eigenvalue weighted by Gasteiger charge is 2.20. The molecule has 1 amide bonds. The maximum absolute atomic E-state index is 12.6. The quantitative estimate of drug-likeness (QED) is 0.795. The summed E-state index contributed by atoms with van der Waals surface area (Å²) in [6.07, 6.45) is 2.05. The number of nitrogens with zero attached hydrogens (tertiary/aromatic N) is 1. The Morgan fingerprint density at radius 2 is 1.84 bits per heavy atom. The van der Waals surface area contributed by atoms with Gasteiger partial charge >= 0.3 is 0 Å². The maximum Gasteiger partial charge on any atom is 0.264 e. The molecule has 1 aromatic carbocycles. The summed E-state index contributed by atoms with van der Waals surface area (Å²) in [5.41, 5.74) is 1.24. The van der Waals surface area contributed by atoms with Crippen LogP contribution < -0.4 is 0 Å². The molecule has 0 spiro atoms. The van der Waals surface area contributed by atoms with Crippen LogP contribution in [0.3, 0.4) is 0 Å². The first kappa shape index (κ1) is 14.1. The average Bonchev–Trinajstić information content (AvgIpc) is 2.80. The van der Waals surface area contributed by atoms with Crippen LogP contribution in [-0.4, -0.2) is 23.9 Å². The average molecular weight is 275 g/mol. The van der Waals surface area contributed by atoms with Crippen LogP contribution in [0.1, 0.15) is 42.4 Å². The Kier molecular flexibility index (Phi) is 4.59. The Labute approximate surface area is 119 Å². The van der Waals surface area contributed by atoms with E-state index in [0.29, 0.717) is 0 Å². The van der Waals surface area contributed by atoms with Gasteiger partial charge in [0.1, 0.15) is 0 Å². The summed E-state index contributed by atoms with van der Waals surface area (Å²) in [5, 5.41) is 1.25. The Balaban J connectivity index is 2.52. The molecule has 0 saturated heterocycles. The Morgan fingerprint density at radius 1 is 1.16 bits per heavy atom. The summed E-state index contributed by atoms with van der Waals surface area (Å²) in [4.78, 5) is 15.5. The number of carbonyl (C=O) groups excluding carboxylic acids is 1. The third-order valence-corrected chi connectivity index (χ3v) is 4.64. The van der Waals surface area contributed by atoms with E-state index in [4.69, 9.17) is 0 Å². The van der Waals surface area contributed by atoms with Crippen LogP contribution in [0.4, 0.5) is 0 Å². The lowest BCUT2D eigenvalue weighted by Gasteiger charge is -2.18. The summed E-state index contributed by atoms with van der Waals surface area (Å²) in [5.74, 6) is 0.189. The van der Waals surface area contributed by atoms with Gasteiger partial charge in [0.25, 0.3) is 5.91 Å². The van der Waals surface area contributed by atoms with Crippen molar-refractivity contribution in [3.8, 4) is 0 Å². The molecule has 1 heterocycles. The van der Waals surface area contributed by atoms with Gasteiger partial charge in [-0.3, -0.25) is 4.79 Å². The van der Waals surface area contributed by atoms with Crippen molar-refractivity contribution in [1.82, 2.24) is 4.90 Å². The highest BCUT2D eigenvalue weighted by atomic mass is 32.1. The molecule has 0 aliphatic carbocycles. The third kappa shape index (κ3) is 2.66. The molecule has 0 unspecified atom stereocenters. The van der Waals surface area contributed by atoms with Gasteiger partial charge in [-0.15, -0.1) is 11.3 Å². The zero-order valence-corrected chi connectivity index (χ0v) is 12.7. The van der Waals surface area contributed by atoms with Crippen LogP contribution in [0.15, 0.2) is 24.3 Å². The van der Waals surface area contributed by atoms with Crippen molar-refractivity contribution in [3.05, 3.63) is 34.7 Å². The first-order valence-corrected chi connectivity index (χ1v) is 7.84. The molecule has 0 N–H and O–H groups in total. The molecule has 102 valence electrons. The minimum atomic E-state index is 0.189. The van der Waals surface area contributed by atoms with E-state index in [1.807, 2.05) is 24.8 Å². The summed E-state index contributed by atoms with van der Waals surface area (Å²) < 4.78 is 1.22. The molecule has 3 heteroatoms. The van der Waals surface area contributed by atoms with Crippen molar-refractivity contribution in [2.24, 2.45) is 0 Å². The van der Waals surface area contributed by atoms with E-state index >= 15 is 0 Å². The smallest absolute Gasteiger partial charge is 0.264 e. The summed E-state index contributed by atoms with van der Waals surface area (Å²) in [7, 11) is 0. The SMILES string of the molecule is CCCc1c(C(=O)N(CC)CC)sc2ccccc12. The third-order valence-electron chi connectivity index (χ3n) is 3.44. The zero-order valence-electron chi connectivity index (χ0n) is 11.9. The van der Waals surface area contributed by atoms with Crippen molar-refractivity contribution < 1.29 is 4.79 Å². The predicted molar refractivity (Wildman–Crippen MR) is 83.1 cm³/mol. The number of amides is 1. The molecular weight excluding hydrogens is 254 g/mol. The van der Waals surface area contributed by atoms with Gasteiger partial charge in [-0.1, -0.05) is 31.5 Å². The minimum absolute atomic E-state index is 0.189. The van der Waals surface area contributed by atoms with Crippen molar-refractivity contribution in [1.29, 1.82) is 0 Å². The molecule has 0 aliphatic heterocycles. The molecular formula is C16H21NOS. The molecule has 0 saturated carbocycles. The second kappa shape index (κ2) is 6.20. The fourth-order valence-electron chi connectivity index (χ4n) is 2.42. The van der Waals surface area contributed by atoms with Crippen molar-refractivity contribution in [3.63, 3.8) is 0 Å². The number of carbonyl (C=O) groups is 1. The largest absolute Gasteiger partial charge is 0.338 e. The number of thiophene rings is 1. The van der Waals surface area contributed by atoms with Gasteiger partial charge in [0.05, 0.1) is 4.88 Å². The number of rotatable bonds is 5. The maximum atomic E-state index is 12.6. The zero-order chi connectivity index (χ0) is 13.8. The number of hydrogen-bond acceptors (Lipinski definition) is 2. The van der Waals surface area contributed by atoms with Crippen molar-refractivity contribution in [2.45, 2.75) is 33.6 Å². The Hall–Kier alpha value is -1.35. The fourth-order valence-corrected chi connectivity index (χ4v) is 3.64. The number of hydrogen-bond donors (Lipinski definition) is 0. The van der Waals surface area contributed by atoms with Gasteiger partial charge in [0.2, 0.25) is 0 Å². The lowest BCUT2D eigenvalue weighted by atomic mass is 10.1. The lowest BCUT2D eigenvalue weighted by Crippen LogP contribution is -2.30. The summed E-state index contributed by atoms with van der Waals surface area (Å²) >= 11 is 1.64. The van der Waals surface area contributed by atoms with Crippen LogP contribution in [-0.2, 0) is 6.42 Å². The first-order valence-electron chi connectivity index (χ1n) is 7.02. The van der Waals surface area contributed by atoms with Crippen molar-refractivity contribution >= 4 is 27.3 Å². The molecule has 19 heavy (non-hydrogen) atoms.